The molecule has 282 valence electrons. The predicted molar refractivity (Wildman–Crippen MR) is 210 cm³/mol. The lowest BCUT2D eigenvalue weighted by molar-refractivity contribution is -0.167. The molecule has 8 unspecified atom stereocenters. The number of fused-ring (bicyclic) bond motifs is 2. The van der Waals surface area contributed by atoms with Crippen LogP contribution in [0.5, 0.6) is 0 Å². The van der Waals surface area contributed by atoms with Crippen LogP contribution in [-0.2, 0) is 14.3 Å². The highest BCUT2D eigenvalue weighted by molar-refractivity contribution is 5.80. The molecule has 5 aliphatic rings. The molecule has 50 heavy (non-hydrogen) atoms. The standard InChI is InChI=1S/C47H76O3/c1-8-9-10-11-12-13-14-15-16-17-18-19-20-21-22-23-43(49)50-41-29-31-46-34-47(46)33-32-44(6)38(36(4)24-26-40(48)35(2)3)28-30-45(44,7)42(47)27-25-39(46)37(41)5/h9-10,12-13,15-16,35-39,41-42H,8,11,14,17-34H2,1-7H3/b10-9-,13-12-,16-15-/t36?,37-,38?,39?,41?,42?,44?,45-,46?,47?/m0/s1. The number of hydrogen-bond acceptors (Lipinski definition) is 3. The summed E-state index contributed by atoms with van der Waals surface area (Å²) >= 11 is 0. The van der Waals surface area contributed by atoms with E-state index in [2.05, 4.69) is 84.9 Å². The Labute approximate surface area is 308 Å². The Bertz CT molecular complexity index is 1230. The van der Waals surface area contributed by atoms with E-state index in [0.717, 1.165) is 75.5 Å². The lowest BCUT2D eigenvalue weighted by atomic mass is 9.43. The molecule has 0 aliphatic heterocycles. The molecule has 0 aromatic heterocycles. The van der Waals surface area contributed by atoms with Crippen LogP contribution in [0.1, 0.15) is 183 Å². The summed E-state index contributed by atoms with van der Waals surface area (Å²) in [6.07, 6.45) is 38.3. The van der Waals surface area contributed by atoms with Crippen molar-refractivity contribution in [1.29, 1.82) is 0 Å². The Morgan fingerprint density at radius 2 is 1.44 bits per heavy atom. The molecular formula is C47H76O3. The number of esters is 1. The van der Waals surface area contributed by atoms with Gasteiger partial charge in [0.2, 0.25) is 0 Å². The van der Waals surface area contributed by atoms with Gasteiger partial charge in [-0.05, 0) is 154 Å². The monoisotopic (exact) mass is 689 g/mol. The van der Waals surface area contributed by atoms with Gasteiger partial charge in [0.25, 0.3) is 0 Å². The minimum atomic E-state index is 0.0559. The number of ketones is 1. The number of ether oxygens (including phenoxy) is 1. The highest BCUT2D eigenvalue weighted by Gasteiger charge is 2.81. The summed E-state index contributed by atoms with van der Waals surface area (Å²) in [5.41, 5.74) is 1.87. The molecule has 5 saturated carbocycles. The van der Waals surface area contributed by atoms with Gasteiger partial charge in [0.05, 0.1) is 0 Å². The number of carbonyl (C=O) groups is 2. The SMILES string of the molecule is CC/C=C\C/C=C\C/C=C\CCCCCCCC(=O)OC1CCC23CC24CCC2(C)C(C(C)CCC(=O)C(C)C)CC[C@@]2(C)C4CCC3[C@@H]1C. The van der Waals surface area contributed by atoms with Gasteiger partial charge in [0, 0.05) is 18.8 Å². The van der Waals surface area contributed by atoms with Crippen LogP contribution in [0.2, 0.25) is 0 Å². The second kappa shape index (κ2) is 17.0. The summed E-state index contributed by atoms with van der Waals surface area (Å²) in [5, 5.41) is 0. The third-order valence-electron chi connectivity index (χ3n) is 16.2. The summed E-state index contributed by atoms with van der Waals surface area (Å²) in [5.74, 6) is 4.12. The number of unbranched alkanes of at least 4 members (excludes halogenated alkanes) is 5. The molecule has 0 heterocycles. The first-order valence-electron chi connectivity index (χ1n) is 21.6. The van der Waals surface area contributed by atoms with E-state index in [0.29, 0.717) is 45.7 Å². The first kappa shape index (κ1) is 39.6. The largest absolute Gasteiger partial charge is 0.462 e. The maximum absolute atomic E-state index is 13.0. The molecule has 3 nitrogen and oxygen atoms in total. The van der Waals surface area contributed by atoms with Gasteiger partial charge in [-0.2, -0.15) is 0 Å². The van der Waals surface area contributed by atoms with Crippen molar-refractivity contribution in [2.45, 2.75) is 189 Å². The van der Waals surface area contributed by atoms with Gasteiger partial charge in [0.1, 0.15) is 11.9 Å². The Kier molecular flexibility index (Phi) is 13.5. The van der Waals surface area contributed by atoms with Crippen LogP contribution in [0.25, 0.3) is 0 Å². The Morgan fingerprint density at radius 3 is 2.18 bits per heavy atom. The van der Waals surface area contributed by atoms with Gasteiger partial charge in [-0.3, -0.25) is 9.59 Å². The van der Waals surface area contributed by atoms with Crippen LogP contribution in [0, 0.1) is 57.2 Å². The van der Waals surface area contributed by atoms with E-state index in [4.69, 9.17) is 4.74 Å². The Balaban J connectivity index is 1.03. The fraction of sp³-hybridized carbons (Fsp3) is 0.830. The number of allylic oxidation sites excluding steroid dienone is 6. The molecule has 5 fully saturated rings. The van der Waals surface area contributed by atoms with Gasteiger partial charge < -0.3 is 4.74 Å². The zero-order valence-corrected chi connectivity index (χ0v) is 33.6. The molecule has 0 saturated heterocycles. The lowest BCUT2D eigenvalue weighted by Crippen LogP contribution is -2.56. The van der Waals surface area contributed by atoms with E-state index in [1.807, 2.05) is 0 Å². The molecule has 10 atom stereocenters. The highest BCUT2D eigenvalue weighted by Crippen LogP contribution is 2.88. The van der Waals surface area contributed by atoms with E-state index in [1.54, 1.807) is 0 Å². The average Bonchev–Trinajstić information content (AvgIpc) is 3.67. The number of Topliss-reactive ketones (excluding diaryl/α,β-unsaturated/α-hetero) is 1. The van der Waals surface area contributed by atoms with Crippen LogP contribution >= 0.6 is 0 Å². The van der Waals surface area contributed by atoms with E-state index in [-0.39, 0.29) is 18.0 Å². The van der Waals surface area contributed by atoms with Crippen LogP contribution in [0.3, 0.4) is 0 Å². The van der Waals surface area contributed by atoms with E-state index in [9.17, 15) is 9.59 Å². The summed E-state index contributed by atoms with van der Waals surface area (Å²) < 4.78 is 6.29. The minimum Gasteiger partial charge on any atom is -0.462 e. The van der Waals surface area contributed by atoms with Crippen molar-refractivity contribution < 1.29 is 14.3 Å². The average molecular weight is 689 g/mol. The van der Waals surface area contributed by atoms with E-state index >= 15 is 0 Å². The van der Waals surface area contributed by atoms with Gasteiger partial charge >= 0.3 is 5.97 Å². The zero-order valence-electron chi connectivity index (χ0n) is 33.6. The van der Waals surface area contributed by atoms with E-state index < -0.39 is 0 Å². The summed E-state index contributed by atoms with van der Waals surface area (Å²) in [6.45, 7) is 16.6. The Hall–Kier alpha value is -1.64. The van der Waals surface area contributed by atoms with Crippen molar-refractivity contribution >= 4 is 11.8 Å². The highest BCUT2D eigenvalue weighted by atomic mass is 16.5. The van der Waals surface area contributed by atoms with Gasteiger partial charge in [-0.1, -0.05) is 104 Å². The predicted octanol–water partition coefficient (Wildman–Crippen LogP) is 13.2. The first-order valence-corrected chi connectivity index (χ1v) is 21.6. The lowest BCUT2D eigenvalue weighted by Gasteiger charge is -2.62. The van der Waals surface area contributed by atoms with Crippen LogP contribution in [0.4, 0.5) is 0 Å². The molecule has 5 rings (SSSR count). The third kappa shape index (κ3) is 7.83. The fourth-order valence-corrected chi connectivity index (χ4v) is 13.1. The minimum absolute atomic E-state index is 0.0559. The second-order valence-corrected chi connectivity index (χ2v) is 18.9. The number of hydrogen-bond donors (Lipinski definition) is 0. The van der Waals surface area contributed by atoms with Crippen LogP contribution in [0.15, 0.2) is 36.5 Å². The summed E-state index contributed by atoms with van der Waals surface area (Å²) in [4.78, 5) is 25.5. The Morgan fingerprint density at radius 1 is 0.740 bits per heavy atom. The zero-order chi connectivity index (χ0) is 36.0. The molecule has 0 aromatic rings. The fourth-order valence-electron chi connectivity index (χ4n) is 13.1. The van der Waals surface area contributed by atoms with Gasteiger partial charge in [-0.25, -0.2) is 0 Å². The van der Waals surface area contributed by atoms with Crippen molar-refractivity contribution in [3.05, 3.63) is 36.5 Å². The molecular weight excluding hydrogens is 613 g/mol. The van der Waals surface area contributed by atoms with Gasteiger partial charge in [-0.15, -0.1) is 0 Å². The molecule has 3 heteroatoms. The number of rotatable bonds is 19. The topological polar surface area (TPSA) is 43.4 Å². The second-order valence-electron chi connectivity index (χ2n) is 18.9. The first-order chi connectivity index (χ1) is 24.0. The smallest absolute Gasteiger partial charge is 0.306 e. The maximum atomic E-state index is 13.0. The van der Waals surface area contributed by atoms with Crippen LogP contribution in [-0.4, -0.2) is 17.9 Å². The maximum Gasteiger partial charge on any atom is 0.306 e. The quantitative estimate of drug-likeness (QED) is 0.0771. The third-order valence-corrected chi connectivity index (χ3v) is 16.2. The molecule has 2 spiro atoms. The molecule has 0 aromatic carbocycles. The van der Waals surface area contributed by atoms with Gasteiger partial charge in [0.15, 0.2) is 0 Å². The molecule has 5 aliphatic carbocycles. The summed E-state index contributed by atoms with van der Waals surface area (Å²) in [6, 6.07) is 0. The summed E-state index contributed by atoms with van der Waals surface area (Å²) in [7, 11) is 0. The van der Waals surface area contributed by atoms with Crippen molar-refractivity contribution in [2.75, 3.05) is 0 Å². The molecule has 0 amide bonds. The van der Waals surface area contributed by atoms with Crippen LogP contribution < -0.4 is 0 Å². The van der Waals surface area contributed by atoms with Crippen molar-refractivity contribution in [1.82, 2.24) is 0 Å². The van der Waals surface area contributed by atoms with Crippen molar-refractivity contribution in [2.24, 2.45) is 57.2 Å². The normalized spacial score (nSPS) is 38.3. The molecule has 0 radical (unpaired) electrons. The van der Waals surface area contributed by atoms with Crippen molar-refractivity contribution in [3.8, 4) is 0 Å². The van der Waals surface area contributed by atoms with E-state index in [1.165, 1.54) is 70.6 Å². The molecule has 0 bridgehead atoms. The number of carbonyl (C=O) groups excluding carboxylic acids is 2. The molecule has 0 N–H and O–H groups in total. The van der Waals surface area contributed by atoms with Crippen molar-refractivity contribution in [3.63, 3.8) is 0 Å².